The van der Waals surface area contributed by atoms with Gasteiger partial charge in [-0.15, -0.1) is 0 Å². The maximum absolute atomic E-state index is 12.1. The van der Waals surface area contributed by atoms with Crippen molar-refractivity contribution >= 4 is 34.5 Å². The van der Waals surface area contributed by atoms with E-state index >= 15 is 0 Å². The molecule has 2 N–H and O–H groups in total. The summed E-state index contributed by atoms with van der Waals surface area (Å²) in [5.74, 6) is -1.42. The first-order chi connectivity index (χ1) is 10.1. The molecule has 0 aliphatic heterocycles. The zero-order valence-electron chi connectivity index (χ0n) is 11.1. The van der Waals surface area contributed by atoms with Gasteiger partial charge in [0.1, 0.15) is 6.04 Å². The molecule has 4 nitrogen and oxygen atoms in total. The van der Waals surface area contributed by atoms with Crippen molar-refractivity contribution in [3.05, 3.63) is 69.3 Å². The number of benzene rings is 2. The van der Waals surface area contributed by atoms with E-state index in [-0.39, 0.29) is 12.3 Å². The van der Waals surface area contributed by atoms with E-state index in [4.69, 9.17) is 0 Å². The highest BCUT2D eigenvalue weighted by Gasteiger charge is 2.20. The molecule has 1 amide bonds. The lowest BCUT2D eigenvalue weighted by Gasteiger charge is -2.14. The molecule has 2 aromatic rings. The van der Waals surface area contributed by atoms with Crippen molar-refractivity contribution in [2.75, 3.05) is 0 Å². The minimum atomic E-state index is -1.04. The summed E-state index contributed by atoms with van der Waals surface area (Å²) in [6.45, 7) is 0. The Morgan fingerprint density at radius 1 is 1.05 bits per heavy atom. The average Bonchev–Trinajstić information content (AvgIpc) is 2.48. The second kappa shape index (κ2) is 7.21. The van der Waals surface area contributed by atoms with Crippen LogP contribution in [0.15, 0.2) is 54.6 Å². The first kappa shape index (κ1) is 15.5. The van der Waals surface area contributed by atoms with Crippen LogP contribution < -0.4 is 5.32 Å². The van der Waals surface area contributed by atoms with Gasteiger partial charge in [-0.25, -0.2) is 4.79 Å². The number of amides is 1. The molecule has 0 bridgehead atoms. The SMILES string of the molecule is O=C(NC(Cc1ccccc1)C(=O)O)c1ccc(I)cc1. The molecule has 1 atom stereocenters. The van der Waals surface area contributed by atoms with Crippen molar-refractivity contribution < 1.29 is 14.7 Å². The van der Waals surface area contributed by atoms with Gasteiger partial charge in [0.05, 0.1) is 0 Å². The van der Waals surface area contributed by atoms with E-state index in [1.807, 2.05) is 42.5 Å². The van der Waals surface area contributed by atoms with Crippen molar-refractivity contribution in [3.63, 3.8) is 0 Å². The van der Waals surface area contributed by atoms with Crippen LogP contribution in [0.1, 0.15) is 15.9 Å². The van der Waals surface area contributed by atoms with Crippen molar-refractivity contribution in [1.82, 2.24) is 5.32 Å². The number of halogens is 1. The number of nitrogens with one attached hydrogen (secondary N) is 1. The quantitative estimate of drug-likeness (QED) is 0.766. The van der Waals surface area contributed by atoms with Crippen LogP contribution in [0, 0.1) is 3.57 Å². The van der Waals surface area contributed by atoms with Crippen LogP contribution in [-0.4, -0.2) is 23.0 Å². The van der Waals surface area contributed by atoms with Crippen molar-refractivity contribution in [3.8, 4) is 0 Å². The number of aliphatic carboxylic acids is 1. The summed E-state index contributed by atoms with van der Waals surface area (Å²) in [4.78, 5) is 23.4. The fraction of sp³-hybridized carbons (Fsp3) is 0.125. The minimum absolute atomic E-state index is 0.256. The van der Waals surface area contributed by atoms with Crippen LogP contribution in [0.25, 0.3) is 0 Å². The van der Waals surface area contributed by atoms with Crippen LogP contribution in [-0.2, 0) is 11.2 Å². The Morgan fingerprint density at radius 2 is 1.67 bits per heavy atom. The van der Waals surface area contributed by atoms with Gasteiger partial charge in [0.15, 0.2) is 0 Å². The van der Waals surface area contributed by atoms with Gasteiger partial charge in [-0.3, -0.25) is 4.79 Å². The Balaban J connectivity index is 2.07. The summed E-state index contributed by atoms with van der Waals surface area (Å²) in [6.07, 6.45) is 0.256. The van der Waals surface area contributed by atoms with Gasteiger partial charge in [0.25, 0.3) is 5.91 Å². The Hall–Kier alpha value is -1.89. The van der Waals surface area contributed by atoms with Crippen LogP contribution >= 0.6 is 22.6 Å². The summed E-state index contributed by atoms with van der Waals surface area (Å²) in [5.41, 5.74) is 1.32. The smallest absolute Gasteiger partial charge is 0.326 e. The van der Waals surface area contributed by atoms with E-state index in [9.17, 15) is 14.7 Å². The molecule has 0 fully saturated rings. The number of carboxylic acid groups (broad SMARTS) is 1. The third-order valence-electron chi connectivity index (χ3n) is 2.99. The van der Waals surface area contributed by atoms with Crippen LogP contribution in [0.2, 0.25) is 0 Å². The molecule has 0 aliphatic carbocycles. The summed E-state index contributed by atoms with van der Waals surface area (Å²) < 4.78 is 1.02. The molecule has 0 heterocycles. The minimum Gasteiger partial charge on any atom is -0.480 e. The van der Waals surface area contributed by atoms with Crippen LogP contribution in [0.3, 0.4) is 0 Å². The molecule has 2 aromatic carbocycles. The lowest BCUT2D eigenvalue weighted by molar-refractivity contribution is -0.139. The van der Waals surface area contributed by atoms with E-state index in [2.05, 4.69) is 27.9 Å². The van der Waals surface area contributed by atoms with Crippen molar-refractivity contribution in [2.45, 2.75) is 12.5 Å². The second-order valence-electron chi connectivity index (χ2n) is 4.56. The predicted molar refractivity (Wildman–Crippen MR) is 88.2 cm³/mol. The third-order valence-corrected chi connectivity index (χ3v) is 3.71. The molecule has 1 unspecified atom stereocenters. The zero-order valence-corrected chi connectivity index (χ0v) is 13.3. The highest BCUT2D eigenvalue weighted by atomic mass is 127. The first-order valence-corrected chi connectivity index (χ1v) is 7.47. The van der Waals surface area contributed by atoms with Gasteiger partial charge in [-0.1, -0.05) is 30.3 Å². The van der Waals surface area contributed by atoms with Crippen LogP contribution in [0.4, 0.5) is 0 Å². The summed E-state index contributed by atoms with van der Waals surface area (Å²) in [7, 11) is 0. The summed E-state index contributed by atoms with van der Waals surface area (Å²) in [5, 5.41) is 11.8. The molecule has 2 rings (SSSR count). The van der Waals surface area contributed by atoms with Crippen molar-refractivity contribution in [2.24, 2.45) is 0 Å². The summed E-state index contributed by atoms with van der Waals surface area (Å²) >= 11 is 2.15. The highest BCUT2D eigenvalue weighted by molar-refractivity contribution is 14.1. The lowest BCUT2D eigenvalue weighted by atomic mass is 10.1. The van der Waals surface area contributed by atoms with Gasteiger partial charge >= 0.3 is 5.97 Å². The van der Waals surface area contributed by atoms with E-state index in [1.54, 1.807) is 12.1 Å². The Morgan fingerprint density at radius 3 is 2.24 bits per heavy atom. The molecular weight excluding hydrogens is 381 g/mol. The van der Waals surface area contributed by atoms with E-state index < -0.39 is 12.0 Å². The molecular formula is C16H14INO3. The Labute approximate surface area is 136 Å². The largest absolute Gasteiger partial charge is 0.480 e. The number of hydrogen-bond acceptors (Lipinski definition) is 2. The van der Waals surface area contributed by atoms with E-state index in [0.29, 0.717) is 5.56 Å². The monoisotopic (exact) mass is 395 g/mol. The number of rotatable bonds is 5. The normalized spacial score (nSPS) is 11.7. The first-order valence-electron chi connectivity index (χ1n) is 6.39. The fourth-order valence-electron chi connectivity index (χ4n) is 1.89. The summed E-state index contributed by atoms with van der Waals surface area (Å²) in [6, 6.07) is 15.3. The van der Waals surface area contributed by atoms with Crippen molar-refractivity contribution in [1.29, 1.82) is 0 Å². The molecule has 0 saturated heterocycles. The number of carbonyl (C=O) groups is 2. The molecule has 21 heavy (non-hydrogen) atoms. The predicted octanol–water partition coefficient (Wildman–Crippen LogP) is 2.72. The number of hydrogen-bond donors (Lipinski definition) is 2. The molecule has 0 spiro atoms. The average molecular weight is 395 g/mol. The fourth-order valence-corrected chi connectivity index (χ4v) is 2.25. The van der Waals surface area contributed by atoms with Gasteiger partial charge < -0.3 is 10.4 Å². The molecule has 0 aromatic heterocycles. The van der Waals surface area contributed by atoms with Gasteiger partial charge in [0.2, 0.25) is 0 Å². The maximum Gasteiger partial charge on any atom is 0.326 e. The second-order valence-corrected chi connectivity index (χ2v) is 5.81. The highest BCUT2D eigenvalue weighted by Crippen LogP contribution is 2.08. The topological polar surface area (TPSA) is 66.4 Å². The maximum atomic E-state index is 12.1. The molecule has 5 heteroatoms. The molecule has 0 aliphatic rings. The number of carboxylic acids is 1. The molecule has 108 valence electrons. The van der Waals surface area contributed by atoms with Gasteiger partial charge in [-0.05, 0) is 52.4 Å². The Kier molecular flexibility index (Phi) is 5.32. The van der Waals surface area contributed by atoms with Crippen LogP contribution in [0.5, 0.6) is 0 Å². The third kappa shape index (κ3) is 4.56. The molecule has 0 saturated carbocycles. The molecule has 0 radical (unpaired) electrons. The standard InChI is InChI=1S/C16H14INO3/c17-13-8-6-12(7-9-13)15(19)18-14(16(20)21)10-11-4-2-1-3-5-11/h1-9,14H,10H2,(H,18,19)(H,20,21). The Bertz CT molecular complexity index is 626. The van der Waals surface area contributed by atoms with Gasteiger partial charge in [0, 0.05) is 15.6 Å². The van der Waals surface area contributed by atoms with Gasteiger partial charge in [-0.2, -0.15) is 0 Å². The lowest BCUT2D eigenvalue weighted by Crippen LogP contribution is -2.42. The zero-order chi connectivity index (χ0) is 15.2. The van der Waals surface area contributed by atoms with E-state index in [1.165, 1.54) is 0 Å². The van der Waals surface area contributed by atoms with E-state index in [0.717, 1.165) is 9.13 Å². The number of carbonyl (C=O) groups excluding carboxylic acids is 1.